The van der Waals surface area contributed by atoms with Crippen molar-refractivity contribution in [3.05, 3.63) is 96.1 Å². The molecule has 4 nitrogen and oxygen atoms in total. The maximum atomic E-state index is 13.7. The van der Waals surface area contributed by atoms with Crippen molar-refractivity contribution >= 4 is 11.0 Å². The Labute approximate surface area is 162 Å². The van der Waals surface area contributed by atoms with E-state index in [1.807, 2.05) is 47.0 Å². The fraction of sp³-hybridized carbons (Fsp3) is 0.174. The summed E-state index contributed by atoms with van der Waals surface area (Å²) in [5.74, 6) is 0.575. The topological polar surface area (TPSA) is 47.3 Å². The molecule has 0 fully saturated rings. The molecule has 1 heterocycles. The van der Waals surface area contributed by atoms with Crippen LogP contribution in [0.1, 0.15) is 11.4 Å². The zero-order valence-corrected chi connectivity index (χ0v) is 15.3. The Hall–Kier alpha value is -3.18. The van der Waals surface area contributed by atoms with E-state index in [1.165, 1.54) is 6.07 Å². The van der Waals surface area contributed by atoms with Crippen LogP contribution in [0.25, 0.3) is 11.0 Å². The summed E-state index contributed by atoms with van der Waals surface area (Å²) in [6.45, 7) is 0.315. The highest BCUT2D eigenvalue weighted by Crippen LogP contribution is 2.20. The third-order valence-corrected chi connectivity index (χ3v) is 4.60. The highest BCUT2D eigenvalue weighted by atomic mass is 19.1. The first-order chi connectivity index (χ1) is 13.7. The van der Waals surface area contributed by atoms with E-state index in [4.69, 9.17) is 9.72 Å². The van der Waals surface area contributed by atoms with E-state index in [2.05, 4.69) is 12.1 Å². The molecular formula is C23H21FN2O2. The molecule has 0 saturated carbocycles. The van der Waals surface area contributed by atoms with Gasteiger partial charge in [-0.05, 0) is 29.8 Å². The maximum absolute atomic E-state index is 13.7. The number of nitrogens with zero attached hydrogens (tertiary/aromatic N) is 2. The molecule has 0 aliphatic rings. The molecule has 1 aromatic heterocycles. The van der Waals surface area contributed by atoms with Gasteiger partial charge in [0.1, 0.15) is 18.5 Å². The molecule has 142 valence electrons. The van der Waals surface area contributed by atoms with Gasteiger partial charge in [-0.25, -0.2) is 9.37 Å². The molecular weight excluding hydrogens is 355 g/mol. The van der Waals surface area contributed by atoms with Crippen LogP contribution in [0.5, 0.6) is 5.75 Å². The van der Waals surface area contributed by atoms with Gasteiger partial charge in [-0.15, -0.1) is 0 Å². The second-order valence-corrected chi connectivity index (χ2v) is 6.68. The quantitative estimate of drug-likeness (QED) is 0.526. The van der Waals surface area contributed by atoms with Crippen molar-refractivity contribution < 1.29 is 14.2 Å². The molecule has 0 aliphatic heterocycles. The monoisotopic (exact) mass is 376 g/mol. The fourth-order valence-corrected chi connectivity index (χ4v) is 3.25. The summed E-state index contributed by atoms with van der Waals surface area (Å²) in [6.07, 6.45) is -0.136. The molecule has 4 aromatic rings. The number of benzene rings is 3. The van der Waals surface area contributed by atoms with Crippen LogP contribution < -0.4 is 4.74 Å². The number of hydrogen-bond acceptors (Lipinski definition) is 3. The Morgan fingerprint density at radius 3 is 2.46 bits per heavy atom. The summed E-state index contributed by atoms with van der Waals surface area (Å²) in [6, 6.07) is 24.1. The number of rotatable bonds is 7. The van der Waals surface area contributed by atoms with Gasteiger partial charge in [-0.2, -0.15) is 0 Å². The second kappa shape index (κ2) is 8.23. The largest absolute Gasteiger partial charge is 0.488 e. The second-order valence-electron chi connectivity index (χ2n) is 6.68. The molecule has 1 atom stereocenters. The minimum absolute atomic E-state index is 0.00177. The minimum Gasteiger partial charge on any atom is -0.488 e. The summed E-state index contributed by atoms with van der Waals surface area (Å²) in [4.78, 5) is 4.74. The molecule has 0 amide bonds. The van der Waals surface area contributed by atoms with Crippen LogP contribution in [0, 0.1) is 5.82 Å². The smallest absolute Gasteiger partial charge is 0.165 e. The van der Waals surface area contributed by atoms with Crippen LogP contribution in [-0.4, -0.2) is 27.4 Å². The van der Waals surface area contributed by atoms with E-state index in [-0.39, 0.29) is 12.4 Å². The number of halogens is 1. The Kier molecular flexibility index (Phi) is 5.35. The van der Waals surface area contributed by atoms with Gasteiger partial charge in [-0.3, -0.25) is 0 Å². The van der Waals surface area contributed by atoms with E-state index in [0.717, 1.165) is 22.4 Å². The maximum Gasteiger partial charge on any atom is 0.165 e. The van der Waals surface area contributed by atoms with Gasteiger partial charge in [0.25, 0.3) is 0 Å². The summed E-state index contributed by atoms with van der Waals surface area (Å²) < 4.78 is 21.2. The van der Waals surface area contributed by atoms with Gasteiger partial charge in [0.15, 0.2) is 11.6 Å². The predicted molar refractivity (Wildman–Crippen MR) is 107 cm³/mol. The van der Waals surface area contributed by atoms with Crippen LogP contribution in [0.2, 0.25) is 0 Å². The van der Waals surface area contributed by atoms with Gasteiger partial charge in [0, 0.05) is 6.42 Å². The third kappa shape index (κ3) is 4.05. The first kappa shape index (κ1) is 18.2. The minimum atomic E-state index is -0.799. The lowest BCUT2D eigenvalue weighted by Crippen LogP contribution is -2.25. The van der Waals surface area contributed by atoms with Gasteiger partial charge in [0.2, 0.25) is 0 Å². The van der Waals surface area contributed by atoms with E-state index >= 15 is 0 Å². The van der Waals surface area contributed by atoms with E-state index in [0.29, 0.717) is 13.0 Å². The lowest BCUT2D eigenvalue weighted by Gasteiger charge is -2.16. The van der Waals surface area contributed by atoms with Crippen LogP contribution in [0.4, 0.5) is 4.39 Å². The Morgan fingerprint density at radius 2 is 1.64 bits per heavy atom. The van der Waals surface area contributed by atoms with Crippen LogP contribution >= 0.6 is 0 Å². The lowest BCUT2D eigenvalue weighted by molar-refractivity contribution is 0.0908. The summed E-state index contributed by atoms with van der Waals surface area (Å²) in [5, 5.41) is 10.5. The third-order valence-electron chi connectivity index (χ3n) is 4.60. The average molecular weight is 376 g/mol. The molecule has 0 spiro atoms. The average Bonchev–Trinajstić information content (AvgIpc) is 3.05. The van der Waals surface area contributed by atoms with Crippen molar-refractivity contribution in [2.45, 2.75) is 19.1 Å². The summed E-state index contributed by atoms with van der Waals surface area (Å²) >= 11 is 0. The highest BCUT2D eigenvalue weighted by Gasteiger charge is 2.15. The standard InChI is InChI=1S/C23H21FN2O2/c24-19-10-4-7-13-22(19)28-16-18(27)15-26-21-12-6-5-11-20(21)25-23(26)14-17-8-2-1-3-9-17/h1-13,18,27H,14-16H2/t18-/m1/s1. The molecule has 0 radical (unpaired) electrons. The number of imidazole rings is 1. The number of para-hydroxylation sites is 3. The SMILES string of the molecule is O[C@@H](COc1ccccc1F)Cn1c(Cc2ccccc2)nc2ccccc21. The molecule has 5 heteroatoms. The summed E-state index contributed by atoms with van der Waals surface area (Å²) in [5.41, 5.74) is 2.99. The van der Waals surface area contributed by atoms with Crippen LogP contribution in [-0.2, 0) is 13.0 Å². The normalized spacial score (nSPS) is 12.2. The van der Waals surface area contributed by atoms with E-state index < -0.39 is 11.9 Å². The number of aliphatic hydroxyl groups excluding tert-OH is 1. The van der Waals surface area contributed by atoms with Gasteiger partial charge in [0.05, 0.1) is 17.6 Å². The first-order valence-corrected chi connectivity index (χ1v) is 9.24. The predicted octanol–water partition coefficient (Wildman–Crippen LogP) is 4.21. The number of aromatic nitrogens is 2. The van der Waals surface area contributed by atoms with Crippen molar-refractivity contribution in [1.82, 2.24) is 9.55 Å². The zero-order valence-electron chi connectivity index (χ0n) is 15.3. The van der Waals surface area contributed by atoms with Crippen molar-refractivity contribution in [2.75, 3.05) is 6.61 Å². The molecule has 0 unspecified atom stereocenters. The number of hydrogen-bond donors (Lipinski definition) is 1. The van der Waals surface area contributed by atoms with E-state index in [1.54, 1.807) is 18.2 Å². The van der Waals surface area contributed by atoms with Crippen LogP contribution in [0.3, 0.4) is 0 Å². The molecule has 0 aliphatic carbocycles. The molecule has 4 rings (SSSR count). The van der Waals surface area contributed by atoms with Crippen molar-refractivity contribution in [1.29, 1.82) is 0 Å². The Bertz CT molecular complexity index is 1060. The molecule has 28 heavy (non-hydrogen) atoms. The number of fused-ring (bicyclic) bond motifs is 1. The van der Waals surface area contributed by atoms with Crippen molar-refractivity contribution in [3.63, 3.8) is 0 Å². The van der Waals surface area contributed by atoms with Gasteiger partial charge >= 0.3 is 0 Å². The number of aliphatic hydroxyl groups is 1. The van der Waals surface area contributed by atoms with Gasteiger partial charge < -0.3 is 14.4 Å². The lowest BCUT2D eigenvalue weighted by atomic mass is 10.1. The Balaban J connectivity index is 1.55. The molecule has 0 saturated heterocycles. The molecule has 0 bridgehead atoms. The van der Waals surface area contributed by atoms with Gasteiger partial charge in [-0.1, -0.05) is 54.6 Å². The van der Waals surface area contributed by atoms with Crippen molar-refractivity contribution in [3.8, 4) is 5.75 Å². The first-order valence-electron chi connectivity index (χ1n) is 9.24. The molecule has 3 aromatic carbocycles. The molecule has 1 N–H and O–H groups in total. The summed E-state index contributed by atoms with van der Waals surface area (Å²) in [7, 11) is 0. The number of ether oxygens (including phenoxy) is 1. The van der Waals surface area contributed by atoms with Crippen molar-refractivity contribution in [2.24, 2.45) is 0 Å². The highest BCUT2D eigenvalue weighted by molar-refractivity contribution is 5.76. The van der Waals surface area contributed by atoms with E-state index in [9.17, 15) is 9.50 Å². The zero-order chi connectivity index (χ0) is 19.3. The fourth-order valence-electron chi connectivity index (χ4n) is 3.25. The van der Waals surface area contributed by atoms with Crippen LogP contribution in [0.15, 0.2) is 78.9 Å². The Morgan fingerprint density at radius 1 is 0.929 bits per heavy atom.